The third-order valence-electron chi connectivity index (χ3n) is 2.28. The van der Waals surface area contributed by atoms with Crippen LogP contribution >= 0.6 is 15.9 Å². The van der Waals surface area contributed by atoms with Crippen molar-refractivity contribution in [2.75, 3.05) is 19.8 Å². The molecule has 1 atom stereocenters. The van der Waals surface area contributed by atoms with Gasteiger partial charge in [0.05, 0.1) is 19.3 Å². The summed E-state index contributed by atoms with van der Waals surface area (Å²) in [7, 11) is 0. The molecule has 1 heterocycles. The molecule has 0 saturated carbocycles. The first-order valence-corrected chi connectivity index (χ1v) is 5.36. The van der Waals surface area contributed by atoms with E-state index in [1.807, 2.05) is 6.07 Å². The van der Waals surface area contributed by atoms with Crippen LogP contribution in [0.2, 0.25) is 0 Å². The third kappa shape index (κ3) is 2.08. The molecule has 1 aromatic carbocycles. The molecule has 3 nitrogen and oxygen atoms in total. The molecule has 1 aromatic rings. The standard InChI is InChI=1S/C10H12BrNO2/c11-9-2-1-7(13)5-8(9)10-6-14-4-3-12-10/h1-2,5,10,12-13H,3-4,6H2/t10-/m1/s1. The van der Waals surface area contributed by atoms with Gasteiger partial charge in [0.25, 0.3) is 0 Å². The number of phenols is 1. The normalized spacial score (nSPS) is 22.2. The Labute approximate surface area is 91.2 Å². The Morgan fingerprint density at radius 3 is 3.07 bits per heavy atom. The number of aromatic hydroxyl groups is 1. The molecule has 76 valence electrons. The van der Waals surface area contributed by atoms with Gasteiger partial charge in [-0.2, -0.15) is 0 Å². The molecule has 4 heteroatoms. The molecular formula is C10H12BrNO2. The van der Waals surface area contributed by atoms with E-state index in [9.17, 15) is 5.11 Å². The number of benzene rings is 1. The quantitative estimate of drug-likeness (QED) is 0.807. The monoisotopic (exact) mass is 257 g/mol. The van der Waals surface area contributed by atoms with E-state index < -0.39 is 0 Å². The van der Waals surface area contributed by atoms with Gasteiger partial charge in [-0.25, -0.2) is 0 Å². The van der Waals surface area contributed by atoms with E-state index in [4.69, 9.17) is 4.74 Å². The lowest BCUT2D eigenvalue weighted by Gasteiger charge is -2.25. The van der Waals surface area contributed by atoms with Crippen LogP contribution in [0.4, 0.5) is 0 Å². The minimum absolute atomic E-state index is 0.172. The molecule has 1 saturated heterocycles. The van der Waals surface area contributed by atoms with Gasteiger partial charge < -0.3 is 15.2 Å². The van der Waals surface area contributed by atoms with E-state index >= 15 is 0 Å². The van der Waals surface area contributed by atoms with E-state index in [1.54, 1.807) is 12.1 Å². The smallest absolute Gasteiger partial charge is 0.115 e. The van der Waals surface area contributed by atoms with Gasteiger partial charge in [0.2, 0.25) is 0 Å². The summed E-state index contributed by atoms with van der Waals surface area (Å²) in [6, 6.07) is 5.44. The van der Waals surface area contributed by atoms with Crippen LogP contribution < -0.4 is 5.32 Å². The average Bonchev–Trinajstić information content (AvgIpc) is 2.23. The van der Waals surface area contributed by atoms with Gasteiger partial charge in [-0.1, -0.05) is 15.9 Å². The van der Waals surface area contributed by atoms with Crippen molar-refractivity contribution in [3.05, 3.63) is 28.2 Å². The topological polar surface area (TPSA) is 41.5 Å². The Hall–Kier alpha value is -0.580. The maximum absolute atomic E-state index is 9.38. The number of phenolic OH excluding ortho intramolecular Hbond substituents is 1. The molecule has 2 rings (SSSR count). The molecular weight excluding hydrogens is 246 g/mol. The summed E-state index contributed by atoms with van der Waals surface area (Å²) in [5.41, 5.74) is 1.05. The van der Waals surface area contributed by atoms with Gasteiger partial charge in [-0.3, -0.25) is 0 Å². The number of hydrogen-bond donors (Lipinski definition) is 2. The van der Waals surface area contributed by atoms with E-state index in [2.05, 4.69) is 21.2 Å². The highest BCUT2D eigenvalue weighted by Gasteiger charge is 2.17. The lowest BCUT2D eigenvalue weighted by molar-refractivity contribution is 0.0766. The Morgan fingerprint density at radius 2 is 2.36 bits per heavy atom. The van der Waals surface area contributed by atoms with E-state index in [1.165, 1.54) is 0 Å². The Balaban J connectivity index is 2.24. The molecule has 2 N–H and O–H groups in total. The molecule has 0 unspecified atom stereocenters. The second-order valence-electron chi connectivity index (χ2n) is 3.29. The minimum Gasteiger partial charge on any atom is -0.508 e. The van der Waals surface area contributed by atoms with Crippen molar-refractivity contribution in [2.45, 2.75) is 6.04 Å². The zero-order valence-corrected chi connectivity index (χ0v) is 9.25. The van der Waals surface area contributed by atoms with E-state index in [-0.39, 0.29) is 11.8 Å². The summed E-state index contributed by atoms with van der Waals surface area (Å²) >= 11 is 3.46. The molecule has 0 spiro atoms. The summed E-state index contributed by atoms with van der Waals surface area (Å²) < 4.78 is 6.36. The van der Waals surface area contributed by atoms with Crippen molar-refractivity contribution in [3.63, 3.8) is 0 Å². The fraction of sp³-hybridized carbons (Fsp3) is 0.400. The van der Waals surface area contributed by atoms with Crippen molar-refractivity contribution < 1.29 is 9.84 Å². The van der Waals surface area contributed by atoms with E-state index in [0.29, 0.717) is 6.61 Å². The fourth-order valence-corrected chi connectivity index (χ4v) is 2.09. The average molecular weight is 258 g/mol. The van der Waals surface area contributed by atoms with Crippen LogP contribution in [-0.2, 0) is 4.74 Å². The number of halogens is 1. The number of rotatable bonds is 1. The molecule has 0 bridgehead atoms. The predicted octanol–water partition coefficient (Wildman–Crippen LogP) is 1.82. The van der Waals surface area contributed by atoms with Crippen LogP contribution in [0.5, 0.6) is 5.75 Å². The highest BCUT2D eigenvalue weighted by atomic mass is 79.9. The summed E-state index contributed by atoms with van der Waals surface area (Å²) in [5, 5.41) is 12.7. The third-order valence-corrected chi connectivity index (χ3v) is 3.00. The molecule has 0 amide bonds. The van der Waals surface area contributed by atoms with Crippen LogP contribution in [0.1, 0.15) is 11.6 Å². The van der Waals surface area contributed by atoms with Gasteiger partial charge in [-0.05, 0) is 23.8 Å². The number of hydrogen-bond acceptors (Lipinski definition) is 3. The van der Waals surface area contributed by atoms with Crippen molar-refractivity contribution in [2.24, 2.45) is 0 Å². The summed E-state index contributed by atoms with van der Waals surface area (Å²) in [6.07, 6.45) is 0. The summed E-state index contributed by atoms with van der Waals surface area (Å²) in [6.45, 7) is 2.27. The fourth-order valence-electron chi connectivity index (χ4n) is 1.56. The second kappa shape index (κ2) is 4.29. The highest BCUT2D eigenvalue weighted by Crippen LogP contribution is 2.28. The van der Waals surface area contributed by atoms with Crippen molar-refractivity contribution in [3.8, 4) is 5.75 Å². The largest absolute Gasteiger partial charge is 0.508 e. The van der Waals surface area contributed by atoms with Crippen molar-refractivity contribution in [1.82, 2.24) is 5.32 Å². The first-order chi connectivity index (χ1) is 6.77. The lowest BCUT2D eigenvalue weighted by Crippen LogP contribution is -2.34. The molecule has 14 heavy (non-hydrogen) atoms. The molecule has 1 aliphatic rings. The number of ether oxygens (including phenoxy) is 1. The SMILES string of the molecule is Oc1ccc(Br)c([C@H]2COCCN2)c1. The van der Waals surface area contributed by atoms with Gasteiger partial charge in [0.1, 0.15) is 5.75 Å². The van der Waals surface area contributed by atoms with Crippen LogP contribution in [-0.4, -0.2) is 24.9 Å². The Bertz CT molecular complexity index is 324. The second-order valence-corrected chi connectivity index (χ2v) is 4.14. The molecule has 0 radical (unpaired) electrons. The van der Waals surface area contributed by atoms with Crippen molar-refractivity contribution >= 4 is 15.9 Å². The maximum atomic E-state index is 9.38. The highest BCUT2D eigenvalue weighted by molar-refractivity contribution is 9.10. The van der Waals surface area contributed by atoms with Gasteiger partial charge in [-0.15, -0.1) is 0 Å². The predicted molar refractivity (Wildman–Crippen MR) is 57.4 cm³/mol. The summed E-state index contributed by atoms with van der Waals surface area (Å²) in [4.78, 5) is 0. The first-order valence-electron chi connectivity index (χ1n) is 4.57. The van der Waals surface area contributed by atoms with Gasteiger partial charge >= 0.3 is 0 Å². The molecule has 0 aromatic heterocycles. The number of nitrogens with one attached hydrogen (secondary N) is 1. The maximum Gasteiger partial charge on any atom is 0.115 e. The summed E-state index contributed by atoms with van der Waals surface area (Å²) in [5.74, 6) is 0.288. The lowest BCUT2D eigenvalue weighted by atomic mass is 10.1. The van der Waals surface area contributed by atoms with E-state index in [0.717, 1.165) is 23.2 Å². The van der Waals surface area contributed by atoms with Crippen LogP contribution in [0, 0.1) is 0 Å². The van der Waals surface area contributed by atoms with Crippen molar-refractivity contribution in [1.29, 1.82) is 0 Å². The zero-order chi connectivity index (χ0) is 9.97. The first kappa shape index (κ1) is 9.96. The molecule has 0 aliphatic carbocycles. The van der Waals surface area contributed by atoms with Crippen LogP contribution in [0.15, 0.2) is 22.7 Å². The minimum atomic E-state index is 0.172. The van der Waals surface area contributed by atoms with Crippen LogP contribution in [0.3, 0.4) is 0 Å². The van der Waals surface area contributed by atoms with Gasteiger partial charge in [0, 0.05) is 11.0 Å². The van der Waals surface area contributed by atoms with Crippen LogP contribution in [0.25, 0.3) is 0 Å². The Morgan fingerprint density at radius 1 is 1.50 bits per heavy atom. The zero-order valence-electron chi connectivity index (χ0n) is 7.66. The van der Waals surface area contributed by atoms with Gasteiger partial charge in [0.15, 0.2) is 0 Å². The Kier molecular flexibility index (Phi) is 3.05. The molecule has 1 aliphatic heterocycles. The number of morpholine rings is 1. The molecule has 1 fully saturated rings.